The zero-order valence-corrected chi connectivity index (χ0v) is 13.3. The first-order valence-corrected chi connectivity index (χ1v) is 8.33. The van der Waals surface area contributed by atoms with Crippen molar-refractivity contribution in [2.45, 2.75) is 37.4 Å². The molecule has 0 spiro atoms. The van der Waals surface area contributed by atoms with Gasteiger partial charge in [-0.25, -0.2) is 0 Å². The third kappa shape index (κ3) is 4.70. The fourth-order valence-electron chi connectivity index (χ4n) is 2.31. The van der Waals surface area contributed by atoms with Gasteiger partial charge in [-0.3, -0.25) is 0 Å². The molecule has 0 aromatic heterocycles. The molecule has 1 unspecified atom stereocenters. The summed E-state index contributed by atoms with van der Waals surface area (Å²) in [5, 5.41) is 0. The molecule has 5 heteroatoms. The number of benzene rings is 1. The summed E-state index contributed by atoms with van der Waals surface area (Å²) >= 11 is 0. The number of hydrogen-bond donors (Lipinski definition) is 2. The van der Waals surface area contributed by atoms with Crippen LogP contribution in [-0.4, -0.2) is 29.2 Å². The fourth-order valence-corrected chi connectivity index (χ4v) is 4.34. The van der Waals surface area contributed by atoms with Crippen LogP contribution in [0, 0.1) is 0 Å². The summed E-state index contributed by atoms with van der Waals surface area (Å²) in [6.45, 7) is 2.01. The second-order valence-corrected chi connectivity index (χ2v) is 7.42. The lowest BCUT2D eigenvalue weighted by Crippen LogP contribution is -2.57. The summed E-state index contributed by atoms with van der Waals surface area (Å²) in [6, 6.07) is 10.3. The maximum Gasteiger partial charge on any atom is 0.327 e. The van der Waals surface area contributed by atoms with Crippen LogP contribution in [0.25, 0.3) is 0 Å². The SMILES string of the molecule is CCC(N)(N)C(CCc1ccccc1)[SiH](OC)OC. The molecule has 4 N–H and O–H groups in total. The highest BCUT2D eigenvalue weighted by Gasteiger charge is 2.37. The quantitative estimate of drug-likeness (QED) is 0.560. The van der Waals surface area contributed by atoms with E-state index in [4.69, 9.17) is 20.3 Å². The van der Waals surface area contributed by atoms with Crippen LogP contribution in [0.4, 0.5) is 0 Å². The molecule has 4 nitrogen and oxygen atoms in total. The summed E-state index contributed by atoms with van der Waals surface area (Å²) < 4.78 is 11.0. The lowest BCUT2D eigenvalue weighted by atomic mass is 9.98. The Bertz CT molecular complexity index is 356. The van der Waals surface area contributed by atoms with Crippen LogP contribution in [-0.2, 0) is 15.3 Å². The van der Waals surface area contributed by atoms with E-state index in [9.17, 15) is 0 Å². The Kier molecular flexibility index (Phi) is 6.68. The van der Waals surface area contributed by atoms with Gasteiger partial charge in [0.15, 0.2) is 0 Å². The van der Waals surface area contributed by atoms with E-state index in [0.717, 1.165) is 12.8 Å². The molecule has 0 aliphatic rings. The van der Waals surface area contributed by atoms with E-state index in [-0.39, 0.29) is 5.54 Å². The minimum Gasteiger partial charge on any atom is -0.400 e. The standard InChI is InChI=1S/C14H26N2O2Si/c1-4-14(15,16)13(19(17-2)18-3)11-10-12-8-6-5-7-9-12/h5-9,13,19H,4,10-11,15-16H2,1-3H3. The molecule has 0 fully saturated rings. The minimum atomic E-state index is -1.84. The Balaban J connectivity index is 2.74. The van der Waals surface area contributed by atoms with Gasteiger partial charge in [-0.1, -0.05) is 37.3 Å². The van der Waals surface area contributed by atoms with E-state index < -0.39 is 14.9 Å². The highest BCUT2D eigenvalue weighted by Crippen LogP contribution is 2.29. The summed E-state index contributed by atoms with van der Waals surface area (Å²) in [6.07, 6.45) is 2.55. The van der Waals surface area contributed by atoms with E-state index in [2.05, 4.69) is 12.1 Å². The lowest BCUT2D eigenvalue weighted by molar-refractivity contribution is 0.231. The van der Waals surface area contributed by atoms with Gasteiger partial charge in [0, 0.05) is 19.8 Å². The maximum absolute atomic E-state index is 6.23. The van der Waals surface area contributed by atoms with Gasteiger partial charge >= 0.3 is 9.28 Å². The van der Waals surface area contributed by atoms with E-state index in [1.54, 1.807) is 14.2 Å². The molecule has 0 heterocycles. The smallest absolute Gasteiger partial charge is 0.327 e. The molecule has 19 heavy (non-hydrogen) atoms. The van der Waals surface area contributed by atoms with Crippen LogP contribution in [0.5, 0.6) is 0 Å². The van der Waals surface area contributed by atoms with Crippen molar-refractivity contribution in [1.82, 2.24) is 0 Å². The Hall–Kier alpha value is -0.723. The summed E-state index contributed by atoms with van der Waals surface area (Å²) in [5.41, 5.74) is 13.1. The zero-order valence-electron chi connectivity index (χ0n) is 12.1. The van der Waals surface area contributed by atoms with Crippen molar-refractivity contribution >= 4 is 9.28 Å². The number of hydrogen-bond acceptors (Lipinski definition) is 4. The molecule has 0 bridgehead atoms. The van der Waals surface area contributed by atoms with Crippen molar-refractivity contribution in [2.75, 3.05) is 14.2 Å². The van der Waals surface area contributed by atoms with Gasteiger partial charge in [-0.05, 0) is 24.8 Å². The Morgan fingerprint density at radius 1 is 1.16 bits per heavy atom. The van der Waals surface area contributed by atoms with Crippen LogP contribution in [0.3, 0.4) is 0 Å². The Morgan fingerprint density at radius 2 is 1.74 bits per heavy atom. The second kappa shape index (κ2) is 7.77. The van der Waals surface area contributed by atoms with Crippen molar-refractivity contribution in [2.24, 2.45) is 11.5 Å². The normalized spacial score (nSPS) is 13.8. The summed E-state index contributed by atoms with van der Waals surface area (Å²) in [4.78, 5) is 0. The molecule has 1 atom stereocenters. The average molecular weight is 282 g/mol. The monoisotopic (exact) mass is 282 g/mol. The molecule has 1 rings (SSSR count). The first-order chi connectivity index (χ1) is 9.05. The molecule has 0 saturated heterocycles. The van der Waals surface area contributed by atoms with Crippen LogP contribution in [0.15, 0.2) is 30.3 Å². The van der Waals surface area contributed by atoms with Gasteiger partial charge in [0.25, 0.3) is 0 Å². The summed E-state index contributed by atoms with van der Waals surface area (Å²) in [5.74, 6) is 0. The van der Waals surface area contributed by atoms with Crippen molar-refractivity contribution in [1.29, 1.82) is 0 Å². The van der Waals surface area contributed by atoms with Crippen LogP contribution >= 0.6 is 0 Å². The molecule has 108 valence electrons. The Morgan fingerprint density at radius 3 is 2.21 bits per heavy atom. The molecule has 0 radical (unpaired) electrons. The molecular weight excluding hydrogens is 256 g/mol. The third-order valence-corrected chi connectivity index (χ3v) is 6.22. The van der Waals surface area contributed by atoms with Gasteiger partial charge < -0.3 is 20.3 Å². The van der Waals surface area contributed by atoms with Gasteiger partial charge in [-0.2, -0.15) is 0 Å². The maximum atomic E-state index is 6.23. The van der Waals surface area contributed by atoms with E-state index in [0.29, 0.717) is 6.42 Å². The van der Waals surface area contributed by atoms with Gasteiger partial charge in [0.2, 0.25) is 0 Å². The minimum absolute atomic E-state index is 0.0905. The van der Waals surface area contributed by atoms with Crippen LogP contribution < -0.4 is 11.5 Å². The van der Waals surface area contributed by atoms with Gasteiger partial charge in [-0.15, -0.1) is 0 Å². The van der Waals surface area contributed by atoms with Gasteiger partial charge in [0.1, 0.15) is 0 Å². The Labute approximate surface area is 117 Å². The van der Waals surface area contributed by atoms with Crippen LogP contribution in [0.2, 0.25) is 5.54 Å². The number of aryl methyl sites for hydroxylation is 1. The van der Waals surface area contributed by atoms with E-state index in [1.807, 2.05) is 25.1 Å². The van der Waals surface area contributed by atoms with E-state index >= 15 is 0 Å². The van der Waals surface area contributed by atoms with Crippen molar-refractivity contribution in [3.05, 3.63) is 35.9 Å². The van der Waals surface area contributed by atoms with Crippen molar-refractivity contribution < 1.29 is 8.85 Å². The molecule has 1 aromatic carbocycles. The lowest BCUT2D eigenvalue weighted by Gasteiger charge is -2.36. The highest BCUT2D eigenvalue weighted by atomic mass is 28.3. The number of rotatable bonds is 8. The highest BCUT2D eigenvalue weighted by molar-refractivity contribution is 6.46. The van der Waals surface area contributed by atoms with E-state index in [1.165, 1.54) is 5.56 Å². The number of nitrogens with two attached hydrogens (primary N) is 2. The molecule has 0 saturated carbocycles. The van der Waals surface area contributed by atoms with Crippen molar-refractivity contribution in [3.63, 3.8) is 0 Å². The molecular formula is C14H26N2O2Si. The zero-order chi connectivity index (χ0) is 14.3. The largest absolute Gasteiger partial charge is 0.400 e. The van der Waals surface area contributed by atoms with Crippen LogP contribution in [0.1, 0.15) is 25.3 Å². The first-order valence-electron chi connectivity index (χ1n) is 6.72. The molecule has 1 aromatic rings. The van der Waals surface area contributed by atoms with Gasteiger partial charge in [0.05, 0.1) is 5.66 Å². The molecule has 0 aliphatic heterocycles. The molecule has 0 amide bonds. The second-order valence-electron chi connectivity index (χ2n) is 4.94. The predicted molar refractivity (Wildman–Crippen MR) is 81.1 cm³/mol. The summed E-state index contributed by atoms with van der Waals surface area (Å²) in [7, 11) is 1.52. The predicted octanol–water partition coefficient (Wildman–Crippen LogP) is 1.53. The average Bonchev–Trinajstić information content (AvgIpc) is 2.44. The fraction of sp³-hybridized carbons (Fsp3) is 0.571. The first kappa shape index (κ1) is 16.3. The topological polar surface area (TPSA) is 70.5 Å². The van der Waals surface area contributed by atoms with Crippen molar-refractivity contribution in [3.8, 4) is 0 Å². The third-order valence-electron chi connectivity index (χ3n) is 3.68. The molecule has 0 aliphatic carbocycles.